The summed E-state index contributed by atoms with van der Waals surface area (Å²) in [7, 11) is 0. The van der Waals surface area contributed by atoms with Crippen LogP contribution in [-0.4, -0.2) is 22.5 Å². The molecule has 2 aromatic rings. The van der Waals surface area contributed by atoms with Gasteiger partial charge in [0.15, 0.2) is 0 Å². The summed E-state index contributed by atoms with van der Waals surface area (Å²) in [6.45, 7) is -0.0562. The number of hydrogen-bond donors (Lipinski definition) is 2. The van der Waals surface area contributed by atoms with Gasteiger partial charge in [-0.25, -0.2) is 0 Å². The van der Waals surface area contributed by atoms with E-state index >= 15 is 0 Å². The molecule has 8 heteroatoms. The summed E-state index contributed by atoms with van der Waals surface area (Å²) in [6, 6.07) is 3.47. The monoisotopic (exact) mass is 340 g/mol. The van der Waals surface area contributed by atoms with Crippen molar-refractivity contribution in [3.8, 4) is 0 Å². The Morgan fingerprint density at radius 3 is 2.83 bits per heavy atom. The second-order valence-corrected chi connectivity index (χ2v) is 5.76. The van der Waals surface area contributed by atoms with Gasteiger partial charge in [0.25, 0.3) is 5.91 Å². The molecule has 1 unspecified atom stereocenters. The fourth-order valence-electron chi connectivity index (χ4n) is 2.83. The van der Waals surface area contributed by atoms with Crippen LogP contribution in [0.3, 0.4) is 0 Å². The van der Waals surface area contributed by atoms with E-state index in [1.165, 1.54) is 6.26 Å². The van der Waals surface area contributed by atoms with Gasteiger partial charge in [0.05, 0.1) is 18.4 Å². The Balaban J connectivity index is 1.68. The van der Waals surface area contributed by atoms with Crippen LogP contribution >= 0.6 is 0 Å². The number of aliphatic hydroxyl groups is 1. The first-order chi connectivity index (χ1) is 11.3. The van der Waals surface area contributed by atoms with Crippen LogP contribution in [0.1, 0.15) is 40.2 Å². The molecule has 0 fully saturated rings. The molecular weight excluding hydrogens is 325 g/mol. The van der Waals surface area contributed by atoms with E-state index in [0.29, 0.717) is 24.2 Å². The van der Waals surface area contributed by atoms with Crippen LogP contribution in [0.2, 0.25) is 0 Å². The molecule has 1 aliphatic rings. The van der Waals surface area contributed by atoms with Gasteiger partial charge >= 0.3 is 6.18 Å². The van der Waals surface area contributed by atoms with Crippen molar-refractivity contribution in [1.29, 1.82) is 0 Å². The zero-order valence-electron chi connectivity index (χ0n) is 12.6. The third kappa shape index (κ3) is 3.14. The Morgan fingerprint density at radius 1 is 1.38 bits per heavy atom. The van der Waals surface area contributed by atoms with Crippen molar-refractivity contribution in [1.82, 2.24) is 10.3 Å². The van der Waals surface area contributed by atoms with Gasteiger partial charge in [-0.15, -0.1) is 0 Å². The number of fused-ring (bicyclic) bond motifs is 1. The van der Waals surface area contributed by atoms with Crippen molar-refractivity contribution < 1.29 is 27.5 Å². The smallest absolute Gasteiger partial charge is 0.433 e. The molecule has 0 saturated carbocycles. The summed E-state index contributed by atoms with van der Waals surface area (Å²) >= 11 is 0. The van der Waals surface area contributed by atoms with Gasteiger partial charge in [0, 0.05) is 18.2 Å². The molecule has 0 aromatic carbocycles. The average Bonchev–Trinajstić information content (AvgIpc) is 3.02. The van der Waals surface area contributed by atoms with E-state index in [1.54, 1.807) is 6.07 Å². The molecule has 0 saturated heterocycles. The lowest BCUT2D eigenvalue weighted by Gasteiger charge is -2.31. The van der Waals surface area contributed by atoms with Crippen LogP contribution in [0.5, 0.6) is 0 Å². The minimum absolute atomic E-state index is 0.00479. The Hall–Kier alpha value is -2.35. The molecule has 5 nitrogen and oxygen atoms in total. The lowest BCUT2D eigenvalue weighted by molar-refractivity contribution is -0.141. The first kappa shape index (κ1) is 16.5. The maximum atomic E-state index is 12.5. The van der Waals surface area contributed by atoms with Crippen LogP contribution in [0.4, 0.5) is 13.2 Å². The molecule has 2 aromatic heterocycles. The molecule has 0 spiro atoms. The van der Waals surface area contributed by atoms with Gasteiger partial charge in [0.1, 0.15) is 17.1 Å². The van der Waals surface area contributed by atoms with Crippen LogP contribution in [-0.2, 0) is 18.2 Å². The number of carbonyl (C=O) groups is 1. The van der Waals surface area contributed by atoms with Crippen LogP contribution in [0, 0.1) is 0 Å². The number of aromatic nitrogens is 1. The molecule has 3 rings (SSSR count). The Kier molecular flexibility index (Phi) is 4.08. The zero-order chi connectivity index (χ0) is 17.4. The maximum Gasteiger partial charge on any atom is 0.433 e. The van der Waals surface area contributed by atoms with Crippen molar-refractivity contribution in [2.75, 3.05) is 6.54 Å². The van der Waals surface area contributed by atoms with Crippen LogP contribution in [0.25, 0.3) is 0 Å². The topological polar surface area (TPSA) is 75.4 Å². The van der Waals surface area contributed by atoms with Crippen LogP contribution < -0.4 is 5.32 Å². The number of nitrogens with zero attached hydrogens (tertiary/aromatic N) is 1. The van der Waals surface area contributed by atoms with Gasteiger partial charge in [-0.1, -0.05) is 0 Å². The predicted molar refractivity (Wildman–Crippen MR) is 77.1 cm³/mol. The van der Waals surface area contributed by atoms with Gasteiger partial charge in [-0.3, -0.25) is 9.78 Å². The van der Waals surface area contributed by atoms with Crippen molar-refractivity contribution in [3.63, 3.8) is 0 Å². The zero-order valence-corrected chi connectivity index (χ0v) is 12.6. The highest BCUT2D eigenvalue weighted by atomic mass is 19.4. The molecule has 24 heavy (non-hydrogen) atoms. The Morgan fingerprint density at radius 2 is 2.17 bits per heavy atom. The molecule has 0 aliphatic heterocycles. The first-order valence-electron chi connectivity index (χ1n) is 7.40. The van der Waals surface area contributed by atoms with Gasteiger partial charge < -0.3 is 14.8 Å². The summed E-state index contributed by atoms with van der Waals surface area (Å²) in [5.74, 6) is 0.0921. The number of hydrogen-bond acceptors (Lipinski definition) is 4. The normalized spacial score (nSPS) is 20.5. The Bertz CT molecular complexity index is 740. The third-order valence-corrected chi connectivity index (χ3v) is 4.10. The molecular formula is C16H15F3N2O3. The standard InChI is InChI=1S/C16H15F3N2O3/c17-16(18,19)13-4-3-10(8-20-13)14(22)21-9-15(23)6-1-2-12-11(15)5-7-24-12/h3-5,7-8,23H,1-2,6,9H2,(H,21,22). The van der Waals surface area contributed by atoms with Crippen LogP contribution in [0.15, 0.2) is 35.1 Å². The van der Waals surface area contributed by atoms with Crippen molar-refractivity contribution >= 4 is 5.91 Å². The van der Waals surface area contributed by atoms with E-state index in [2.05, 4.69) is 10.3 Å². The average molecular weight is 340 g/mol. The van der Waals surface area contributed by atoms with Gasteiger partial charge in [0.2, 0.25) is 0 Å². The van der Waals surface area contributed by atoms with E-state index in [9.17, 15) is 23.1 Å². The summed E-state index contributed by atoms with van der Waals surface area (Å²) < 4.78 is 42.7. The number of halogens is 3. The summed E-state index contributed by atoms with van der Waals surface area (Å²) in [4.78, 5) is 15.3. The molecule has 1 atom stereocenters. The van der Waals surface area contributed by atoms with E-state index in [1.807, 2.05) is 0 Å². The van der Waals surface area contributed by atoms with Gasteiger partial charge in [-0.2, -0.15) is 13.2 Å². The summed E-state index contributed by atoms with van der Waals surface area (Å²) in [5, 5.41) is 13.3. The van der Waals surface area contributed by atoms with E-state index in [0.717, 1.165) is 24.8 Å². The largest absolute Gasteiger partial charge is 0.469 e. The highest BCUT2D eigenvalue weighted by molar-refractivity contribution is 5.93. The lowest BCUT2D eigenvalue weighted by atomic mass is 9.83. The minimum Gasteiger partial charge on any atom is -0.469 e. The second kappa shape index (κ2) is 5.94. The molecule has 128 valence electrons. The summed E-state index contributed by atoms with van der Waals surface area (Å²) in [5.41, 5.74) is -1.67. The number of aryl methyl sites for hydroxylation is 1. The molecule has 0 bridgehead atoms. The molecule has 2 heterocycles. The highest BCUT2D eigenvalue weighted by Crippen LogP contribution is 2.35. The fourth-order valence-corrected chi connectivity index (χ4v) is 2.83. The number of rotatable bonds is 3. The number of furan rings is 1. The minimum atomic E-state index is -4.55. The maximum absolute atomic E-state index is 12.5. The first-order valence-corrected chi connectivity index (χ1v) is 7.40. The van der Waals surface area contributed by atoms with Crippen molar-refractivity contribution in [2.45, 2.75) is 31.0 Å². The molecule has 2 N–H and O–H groups in total. The van der Waals surface area contributed by atoms with E-state index < -0.39 is 23.4 Å². The number of amides is 1. The molecule has 1 amide bonds. The number of alkyl halides is 3. The molecule has 0 radical (unpaired) electrons. The molecule has 1 aliphatic carbocycles. The SMILES string of the molecule is O=C(NCC1(O)CCCc2occc21)c1ccc(C(F)(F)F)nc1. The van der Waals surface area contributed by atoms with Gasteiger partial charge in [-0.05, 0) is 31.0 Å². The predicted octanol–water partition coefficient (Wildman–Crippen LogP) is 2.65. The number of nitrogens with one attached hydrogen (secondary N) is 1. The van der Waals surface area contributed by atoms with Crippen molar-refractivity contribution in [2.24, 2.45) is 0 Å². The third-order valence-electron chi connectivity index (χ3n) is 4.10. The number of pyridine rings is 1. The van der Waals surface area contributed by atoms with Crippen molar-refractivity contribution in [3.05, 3.63) is 53.2 Å². The summed E-state index contributed by atoms with van der Waals surface area (Å²) in [6.07, 6.45) is -0.292. The Labute approximate surface area is 135 Å². The fraction of sp³-hybridized carbons (Fsp3) is 0.375. The second-order valence-electron chi connectivity index (χ2n) is 5.76. The van der Waals surface area contributed by atoms with E-state index in [4.69, 9.17) is 4.42 Å². The quantitative estimate of drug-likeness (QED) is 0.901. The number of carbonyl (C=O) groups excluding carboxylic acids is 1. The van der Waals surface area contributed by atoms with E-state index in [-0.39, 0.29) is 12.1 Å². The highest BCUT2D eigenvalue weighted by Gasteiger charge is 2.37. The lowest BCUT2D eigenvalue weighted by Crippen LogP contribution is -2.42.